The van der Waals surface area contributed by atoms with Crippen molar-refractivity contribution in [2.45, 2.75) is 20.8 Å². The fraction of sp³-hybridized carbons (Fsp3) is 0.429. The van der Waals surface area contributed by atoms with Crippen molar-refractivity contribution in [2.75, 3.05) is 18.0 Å². The van der Waals surface area contributed by atoms with E-state index in [1.54, 1.807) is 13.0 Å². The van der Waals surface area contributed by atoms with E-state index in [2.05, 4.69) is 6.07 Å². The van der Waals surface area contributed by atoms with E-state index in [9.17, 15) is 4.79 Å². The third-order valence-corrected chi connectivity index (χ3v) is 2.96. The lowest BCUT2D eigenvalue weighted by Gasteiger charge is -2.26. The second-order valence-corrected chi connectivity index (χ2v) is 4.39. The Bertz CT molecular complexity index is 477. The smallest absolute Gasteiger partial charge is 0.308 e. The van der Waals surface area contributed by atoms with Gasteiger partial charge in [-0.25, -0.2) is 0 Å². The molecular formula is C14H18N2O2. The quantitative estimate of drug-likeness (QED) is 0.866. The maximum atomic E-state index is 10.9. The average molecular weight is 246 g/mol. The summed E-state index contributed by atoms with van der Waals surface area (Å²) in [6.45, 7) is 6.84. The van der Waals surface area contributed by atoms with Crippen LogP contribution in [0.2, 0.25) is 0 Å². The van der Waals surface area contributed by atoms with Crippen LogP contribution < -0.4 is 4.90 Å². The Morgan fingerprint density at radius 1 is 1.56 bits per heavy atom. The largest absolute Gasteiger partial charge is 0.481 e. The topological polar surface area (TPSA) is 64.3 Å². The van der Waals surface area contributed by atoms with Gasteiger partial charge in [0.15, 0.2) is 0 Å². The van der Waals surface area contributed by atoms with E-state index >= 15 is 0 Å². The van der Waals surface area contributed by atoms with Crippen molar-refractivity contribution in [2.24, 2.45) is 5.92 Å². The van der Waals surface area contributed by atoms with Crippen molar-refractivity contribution in [3.8, 4) is 6.07 Å². The third kappa shape index (κ3) is 3.24. The second-order valence-electron chi connectivity index (χ2n) is 4.39. The Kier molecular flexibility index (Phi) is 4.73. The van der Waals surface area contributed by atoms with Crippen LogP contribution in [0.1, 0.15) is 25.0 Å². The molecule has 18 heavy (non-hydrogen) atoms. The van der Waals surface area contributed by atoms with Crippen LogP contribution in [0.4, 0.5) is 5.69 Å². The molecule has 0 heterocycles. The van der Waals surface area contributed by atoms with E-state index in [1.807, 2.05) is 30.9 Å². The van der Waals surface area contributed by atoms with Crippen molar-refractivity contribution in [1.82, 2.24) is 0 Å². The monoisotopic (exact) mass is 246 g/mol. The minimum absolute atomic E-state index is 0.417. The lowest BCUT2D eigenvalue weighted by atomic mass is 10.1. The first kappa shape index (κ1) is 14.0. The number of aliphatic carboxylic acids is 1. The van der Waals surface area contributed by atoms with E-state index in [4.69, 9.17) is 10.4 Å². The van der Waals surface area contributed by atoms with Crippen LogP contribution in [-0.2, 0) is 4.79 Å². The number of rotatable bonds is 5. The van der Waals surface area contributed by atoms with E-state index in [1.165, 1.54) is 0 Å². The zero-order valence-corrected chi connectivity index (χ0v) is 11.0. The van der Waals surface area contributed by atoms with Gasteiger partial charge in [-0.15, -0.1) is 0 Å². The lowest BCUT2D eigenvalue weighted by Crippen LogP contribution is -2.32. The summed E-state index contributed by atoms with van der Waals surface area (Å²) in [5.41, 5.74) is 2.61. The van der Waals surface area contributed by atoms with Gasteiger partial charge in [0, 0.05) is 18.8 Å². The molecule has 1 unspecified atom stereocenters. The van der Waals surface area contributed by atoms with Crippen molar-refractivity contribution < 1.29 is 9.90 Å². The van der Waals surface area contributed by atoms with Gasteiger partial charge in [0.25, 0.3) is 0 Å². The zero-order chi connectivity index (χ0) is 13.7. The molecule has 0 saturated carbocycles. The molecule has 1 rings (SSSR count). The molecule has 1 atom stereocenters. The molecule has 0 saturated heterocycles. The number of carbonyl (C=O) groups is 1. The molecule has 0 fully saturated rings. The van der Waals surface area contributed by atoms with Crippen LogP contribution in [0.5, 0.6) is 0 Å². The summed E-state index contributed by atoms with van der Waals surface area (Å²) in [4.78, 5) is 12.9. The summed E-state index contributed by atoms with van der Waals surface area (Å²) in [6, 6.07) is 7.56. The molecule has 0 amide bonds. The number of anilines is 1. The Labute approximate surface area is 107 Å². The summed E-state index contributed by atoms with van der Waals surface area (Å²) in [7, 11) is 0. The van der Waals surface area contributed by atoms with Gasteiger partial charge in [-0.1, -0.05) is 6.92 Å². The van der Waals surface area contributed by atoms with Crippen molar-refractivity contribution in [1.29, 1.82) is 5.26 Å². The number of benzene rings is 1. The molecule has 4 nitrogen and oxygen atoms in total. The van der Waals surface area contributed by atoms with Crippen LogP contribution in [0.3, 0.4) is 0 Å². The van der Waals surface area contributed by atoms with Gasteiger partial charge >= 0.3 is 5.97 Å². The fourth-order valence-corrected chi connectivity index (χ4v) is 1.89. The van der Waals surface area contributed by atoms with Gasteiger partial charge < -0.3 is 10.0 Å². The molecule has 0 bridgehead atoms. The predicted molar refractivity (Wildman–Crippen MR) is 70.6 cm³/mol. The minimum atomic E-state index is -0.792. The van der Waals surface area contributed by atoms with Gasteiger partial charge in [0.2, 0.25) is 0 Å². The van der Waals surface area contributed by atoms with Crippen molar-refractivity contribution in [3.63, 3.8) is 0 Å². The lowest BCUT2D eigenvalue weighted by molar-refractivity contribution is -0.140. The highest BCUT2D eigenvalue weighted by Crippen LogP contribution is 2.22. The molecule has 1 N–H and O–H groups in total. The molecule has 4 heteroatoms. The number of aryl methyl sites for hydroxylation is 1. The first-order chi connectivity index (χ1) is 8.49. The number of carboxylic acid groups (broad SMARTS) is 1. The maximum Gasteiger partial charge on any atom is 0.308 e. The molecule has 0 aliphatic carbocycles. The first-order valence-electron chi connectivity index (χ1n) is 5.98. The van der Waals surface area contributed by atoms with E-state index in [0.717, 1.165) is 17.8 Å². The molecule has 0 aliphatic rings. The first-order valence-corrected chi connectivity index (χ1v) is 5.98. The molecule has 0 radical (unpaired) electrons. The maximum absolute atomic E-state index is 10.9. The Hall–Kier alpha value is -2.02. The Morgan fingerprint density at radius 2 is 2.22 bits per heavy atom. The highest BCUT2D eigenvalue weighted by molar-refractivity contribution is 5.70. The molecular weight excluding hydrogens is 228 g/mol. The predicted octanol–water partition coefficient (Wildman–Crippen LogP) is 2.41. The Morgan fingerprint density at radius 3 is 2.67 bits per heavy atom. The number of nitriles is 1. The van der Waals surface area contributed by atoms with Gasteiger partial charge in [0.05, 0.1) is 17.6 Å². The van der Waals surface area contributed by atoms with Gasteiger partial charge in [-0.05, 0) is 37.6 Å². The molecule has 0 aliphatic heterocycles. The van der Waals surface area contributed by atoms with E-state index in [-0.39, 0.29) is 0 Å². The summed E-state index contributed by atoms with van der Waals surface area (Å²) in [6.07, 6.45) is 0. The van der Waals surface area contributed by atoms with E-state index < -0.39 is 11.9 Å². The van der Waals surface area contributed by atoms with Gasteiger partial charge in [-0.2, -0.15) is 5.26 Å². The van der Waals surface area contributed by atoms with Crippen molar-refractivity contribution >= 4 is 11.7 Å². The number of hydrogen-bond donors (Lipinski definition) is 1. The highest BCUT2D eigenvalue weighted by Gasteiger charge is 2.16. The molecule has 1 aromatic carbocycles. The molecule has 96 valence electrons. The van der Waals surface area contributed by atoms with Crippen molar-refractivity contribution in [3.05, 3.63) is 29.3 Å². The van der Waals surface area contributed by atoms with Crippen LogP contribution in [0.15, 0.2) is 18.2 Å². The summed E-state index contributed by atoms with van der Waals surface area (Å²) in [5.74, 6) is -1.21. The Balaban J connectivity index is 2.96. The average Bonchev–Trinajstić information content (AvgIpc) is 2.35. The summed E-state index contributed by atoms with van der Waals surface area (Å²) < 4.78 is 0. The number of hydrogen-bond acceptors (Lipinski definition) is 3. The van der Waals surface area contributed by atoms with Crippen LogP contribution in [0, 0.1) is 24.2 Å². The standard InChI is InChI=1S/C14H18N2O2/c1-4-16(9-11(3)14(17)18)13-6-5-12(8-15)7-10(13)2/h5-7,11H,4,9H2,1-3H3,(H,17,18). The molecule has 0 aromatic heterocycles. The minimum Gasteiger partial charge on any atom is -0.481 e. The van der Waals surface area contributed by atoms with Gasteiger partial charge in [0.1, 0.15) is 0 Å². The van der Waals surface area contributed by atoms with E-state index in [0.29, 0.717) is 12.1 Å². The highest BCUT2D eigenvalue weighted by atomic mass is 16.4. The van der Waals surface area contributed by atoms with Crippen LogP contribution in [0.25, 0.3) is 0 Å². The molecule has 1 aromatic rings. The van der Waals surface area contributed by atoms with Gasteiger partial charge in [-0.3, -0.25) is 4.79 Å². The summed E-state index contributed by atoms with van der Waals surface area (Å²) in [5, 5.41) is 17.8. The summed E-state index contributed by atoms with van der Waals surface area (Å²) >= 11 is 0. The number of carboxylic acids is 1. The second kappa shape index (κ2) is 6.06. The normalized spacial score (nSPS) is 11.7. The third-order valence-electron chi connectivity index (χ3n) is 2.96. The zero-order valence-electron chi connectivity index (χ0n) is 11.0. The number of nitrogens with zero attached hydrogens (tertiary/aromatic N) is 2. The van der Waals surface area contributed by atoms with Crippen LogP contribution >= 0.6 is 0 Å². The van der Waals surface area contributed by atoms with Crippen LogP contribution in [-0.4, -0.2) is 24.2 Å². The SMILES string of the molecule is CCN(CC(C)C(=O)O)c1ccc(C#N)cc1C. The fourth-order valence-electron chi connectivity index (χ4n) is 1.89. The molecule has 0 spiro atoms.